The van der Waals surface area contributed by atoms with Gasteiger partial charge in [-0.2, -0.15) is 0 Å². The second kappa shape index (κ2) is 5.78. The molecule has 5 nitrogen and oxygen atoms in total. The summed E-state index contributed by atoms with van der Waals surface area (Å²) in [7, 11) is 0. The van der Waals surface area contributed by atoms with E-state index in [0.717, 1.165) is 17.5 Å². The molecular formula is C17H25N3O2. The van der Waals surface area contributed by atoms with Crippen molar-refractivity contribution in [3.8, 4) is 0 Å². The molecule has 1 aromatic rings. The smallest absolute Gasteiger partial charge is 0.413 e. The Morgan fingerprint density at radius 1 is 1.23 bits per heavy atom. The molecule has 1 aromatic heterocycles. The number of ether oxygens (including phenoxy) is 1. The summed E-state index contributed by atoms with van der Waals surface area (Å²) >= 11 is 0. The van der Waals surface area contributed by atoms with Crippen molar-refractivity contribution in [2.75, 3.05) is 10.6 Å². The molecule has 0 saturated heterocycles. The van der Waals surface area contributed by atoms with E-state index in [0.29, 0.717) is 11.9 Å². The molecule has 2 aliphatic carbocycles. The highest BCUT2D eigenvalue weighted by molar-refractivity contribution is 5.83. The summed E-state index contributed by atoms with van der Waals surface area (Å²) in [5.41, 5.74) is 0.520. The summed E-state index contributed by atoms with van der Waals surface area (Å²) in [6.07, 6.45) is 6.69. The lowest BCUT2D eigenvalue weighted by molar-refractivity contribution is 0.0635. The van der Waals surface area contributed by atoms with E-state index in [1.165, 1.54) is 25.7 Å². The predicted molar refractivity (Wildman–Crippen MR) is 87.0 cm³/mol. The van der Waals surface area contributed by atoms with Gasteiger partial charge in [-0.15, -0.1) is 0 Å². The van der Waals surface area contributed by atoms with E-state index >= 15 is 0 Å². The van der Waals surface area contributed by atoms with Crippen LogP contribution in [0.15, 0.2) is 18.3 Å². The van der Waals surface area contributed by atoms with Crippen molar-refractivity contribution in [2.45, 2.75) is 58.1 Å². The van der Waals surface area contributed by atoms with Gasteiger partial charge in [0.15, 0.2) is 0 Å². The zero-order valence-corrected chi connectivity index (χ0v) is 13.6. The second-order valence-corrected chi connectivity index (χ2v) is 7.40. The lowest BCUT2D eigenvalue weighted by Crippen LogP contribution is -2.27. The zero-order valence-electron chi connectivity index (χ0n) is 13.6. The van der Waals surface area contributed by atoms with Gasteiger partial charge in [0.2, 0.25) is 0 Å². The van der Waals surface area contributed by atoms with Crippen LogP contribution in [0.2, 0.25) is 0 Å². The fraction of sp³-hybridized carbons (Fsp3) is 0.647. The minimum absolute atomic E-state index is 0.477. The summed E-state index contributed by atoms with van der Waals surface area (Å²) in [6, 6.07) is 4.38. The first kappa shape index (κ1) is 15.1. The molecule has 0 aliphatic heterocycles. The highest BCUT2D eigenvalue weighted by atomic mass is 16.6. The standard InChI is InChI=1S/C17H25N3O2/c1-17(2,3)22-16(21)20-14-9-8-13(10-18-14)19-15(11-4-5-11)12-6-7-12/h8-12,15,19H,4-7H2,1-3H3,(H,18,20,21). The van der Waals surface area contributed by atoms with Gasteiger partial charge < -0.3 is 10.1 Å². The van der Waals surface area contributed by atoms with E-state index in [-0.39, 0.29) is 0 Å². The van der Waals surface area contributed by atoms with Crippen molar-refractivity contribution in [1.82, 2.24) is 4.98 Å². The summed E-state index contributed by atoms with van der Waals surface area (Å²) in [4.78, 5) is 16.0. The Balaban J connectivity index is 1.54. The monoisotopic (exact) mass is 303 g/mol. The number of hydrogen-bond donors (Lipinski definition) is 2. The first-order valence-corrected chi connectivity index (χ1v) is 8.13. The fourth-order valence-electron chi connectivity index (χ4n) is 2.69. The van der Waals surface area contributed by atoms with Crippen LogP contribution in [0.1, 0.15) is 46.5 Å². The van der Waals surface area contributed by atoms with E-state index in [4.69, 9.17) is 4.74 Å². The fourth-order valence-corrected chi connectivity index (χ4v) is 2.69. The molecule has 2 fully saturated rings. The number of amides is 1. The number of pyridine rings is 1. The number of aromatic nitrogens is 1. The van der Waals surface area contributed by atoms with Crippen molar-refractivity contribution in [3.05, 3.63) is 18.3 Å². The largest absolute Gasteiger partial charge is 0.444 e. The maximum atomic E-state index is 11.7. The number of anilines is 2. The number of hydrogen-bond acceptors (Lipinski definition) is 4. The van der Waals surface area contributed by atoms with Crippen molar-refractivity contribution in [1.29, 1.82) is 0 Å². The first-order chi connectivity index (χ1) is 10.4. The first-order valence-electron chi connectivity index (χ1n) is 8.13. The average molecular weight is 303 g/mol. The zero-order chi connectivity index (χ0) is 15.7. The summed E-state index contributed by atoms with van der Waals surface area (Å²) in [5, 5.41) is 6.26. The Morgan fingerprint density at radius 2 is 1.86 bits per heavy atom. The predicted octanol–water partition coefficient (Wildman–Crippen LogP) is 4.03. The third-order valence-corrected chi connectivity index (χ3v) is 3.99. The summed E-state index contributed by atoms with van der Waals surface area (Å²) < 4.78 is 5.21. The SMILES string of the molecule is CC(C)(C)OC(=O)Nc1ccc(NC(C2CC2)C2CC2)cn1. The molecule has 0 atom stereocenters. The molecule has 0 unspecified atom stereocenters. The topological polar surface area (TPSA) is 63.2 Å². The van der Waals surface area contributed by atoms with Crippen molar-refractivity contribution < 1.29 is 9.53 Å². The van der Waals surface area contributed by atoms with Crippen molar-refractivity contribution in [2.24, 2.45) is 11.8 Å². The van der Waals surface area contributed by atoms with Crippen molar-refractivity contribution in [3.63, 3.8) is 0 Å². The Bertz CT molecular complexity index is 516. The molecule has 0 spiro atoms. The number of nitrogens with one attached hydrogen (secondary N) is 2. The van der Waals surface area contributed by atoms with E-state index in [1.54, 1.807) is 6.20 Å². The van der Waals surface area contributed by atoms with E-state index in [2.05, 4.69) is 15.6 Å². The van der Waals surface area contributed by atoms with Crippen LogP contribution in [-0.2, 0) is 4.74 Å². The van der Waals surface area contributed by atoms with E-state index < -0.39 is 11.7 Å². The highest BCUT2D eigenvalue weighted by Crippen LogP contribution is 2.45. The van der Waals surface area contributed by atoms with Gasteiger partial charge >= 0.3 is 6.09 Å². The third-order valence-electron chi connectivity index (χ3n) is 3.99. The molecule has 0 bridgehead atoms. The normalized spacial score (nSPS) is 18.2. The maximum Gasteiger partial charge on any atom is 0.413 e. The second-order valence-electron chi connectivity index (χ2n) is 7.40. The molecule has 0 radical (unpaired) electrons. The van der Waals surface area contributed by atoms with Gasteiger partial charge in [-0.25, -0.2) is 9.78 Å². The van der Waals surface area contributed by atoms with Crippen LogP contribution >= 0.6 is 0 Å². The minimum atomic E-state index is -0.507. The molecule has 1 amide bonds. The molecule has 5 heteroatoms. The lowest BCUT2D eigenvalue weighted by Gasteiger charge is -2.20. The lowest BCUT2D eigenvalue weighted by atomic mass is 10.1. The number of nitrogens with zero attached hydrogens (tertiary/aromatic N) is 1. The maximum absolute atomic E-state index is 11.7. The van der Waals surface area contributed by atoms with E-state index in [9.17, 15) is 4.79 Å². The molecule has 1 heterocycles. The third kappa shape index (κ3) is 4.36. The van der Waals surface area contributed by atoms with Crippen LogP contribution < -0.4 is 10.6 Å². The Hall–Kier alpha value is -1.78. The van der Waals surface area contributed by atoms with Crippen LogP contribution in [0.3, 0.4) is 0 Å². The Kier molecular flexibility index (Phi) is 3.98. The van der Waals surface area contributed by atoms with Crippen LogP contribution in [0.25, 0.3) is 0 Å². The molecule has 3 rings (SSSR count). The van der Waals surface area contributed by atoms with Gasteiger partial charge in [-0.3, -0.25) is 5.32 Å². The summed E-state index contributed by atoms with van der Waals surface area (Å²) in [6.45, 7) is 5.51. The van der Waals surface area contributed by atoms with Gasteiger partial charge in [-0.1, -0.05) is 0 Å². The number of carbonyl (C=O) groups excluding carboxylic acids is 1. The Morgan fingerprint density at radius 3 is 2.32 bits per heavy atom. The molecule has 2 N–H and O–H groups in total. The van der Waals surface area contributed by atoms with Crippen molar-refractivity contribution >= 4 is 17.6 Å². The van der Waals surface area contributed by atoms with E-state index in [1.807, 2.05) is 32.9 Å². The quantitative estimate of drug-likeness (QED) is 0.862. The molecule has 120 valence electrons. The highest BCUT2D eigenvalue weighted by Gasteiger charge is 2.41. The van der Waals surface area contributed by atoms with Gasteiger partial charge in [0.25, 0.3) is 0 Å². The summed E-state index contributed by atoms with van der Waals surface area (Å²) in [5.74, 6) is 2.19. The van der Waals surface area contributed by atoms with Crippen LogP contribution in [0.4, 0.5) is 16.3 Å². The van der Waals surface area contributed by atoms with Gasteiger partial charge in [0.05, 0.1) is 11.9 Å². The van der Waals surface area contributed by atoms with Gasteiger partial charge in [0.1, 0.15) is 11.4 Å². The molecule has 0 aromatic carbocycles. The number of carbonyl (C=O) groups is 1. The molecular weight excluding hydrogens is 278 g/mol. The minimum Gasteiger partial charge on any atom is -0.444 e. The van der Waals surface area contributed by atoms with Gasteiger partial charge in [0, 0.05) is 6.04 Å². The van der Waals surface area contributed by atoms with Crippen LogP contribution in [0, 0.1) is 11.8 Å². The molecule has 2 aliphatic rings. The number of rotatable bonds is 5. The Labute approximate surface area is 131 Å². The van der Waals surface area contributed by atoms with Crippen LogP contribution in [0.5, 0.6) is 0 Å². The van der Waals surface area contributed by atoms with Crippen LogP contribution in [-0.4, -0.2) is 22.7 Å². The molecule has 22 heavy (non-hydrogen) atoms. The van der Waals surface area contributed by atoms with Gasteiger partial charge in [-0.05, 0) is 70.4 Å². The average Bonchev–Trinajstić information content (AvgIpc) is 3.28. The molecule has 2 saturated carbocycles.